The summed E-state index contributed by atoms with van der Waals surface area (Å²) < 4.78 is 5.14. The molecule has 94 valence electrons. The van der Waals surface area contributed by atoms with Crippen molar-refractivity contribution in [1.29, 1.82) is 0 Å². The fourth-order valence-electron chi connectivity index (χ4n) is 1.63. The second-order valence-electron chi connectivity index (χ2n) is 4.16. The average Bonchev–Trinajstić information content (AvgIpc) is 2.41. The fraction of sp³-hybridized carbons (Fsp3) is 0.200. The second kappa shape index (κ2) is 5.83. The van der Waals surface area contributed by atoms with Crippen molar-refractivity contribution in [2.75, 3.05) is 12.8 Å². The molecule has 0 heterocycles. The normalized spacial score (nSPS) is 10.3. The lowest BCUT2D eigenvalue weighted by Crippen LogP contribution is -1.89. The molecule has 0 saturated heterocycles. The van der Waals surface area contributed by atoms with Gasteiger partial charge in [0.1, 0.15) is 5.75 Å². The van der Waals surface area contributed by atoms with E-state index in [9.17, 15) is 0 Å². The Hall–Kier alpha value is -1.61. The highest BCUT2D eigenvalue weighted by Crippen LogP contribution is 2.26. The standard InChI is InChI=1S/C15H17NOS/c1-11-9-14(7-8-15(11)16)18-10-12-3-5-13(17-2)6-4-12/h3-9H,10,16H2,1-2H3. The summed E-state index contributed by atoms with van der Waals surface area (Å²) in [6, 6.07) is 14.3. The molecule has 2 rings (SSSR count). The Morgan fingerprint density at radius 3 is 2.44 bits per heavy atom. The molecule has 0 radical (unpaired) electrons. The maximum atomic E-state index is 5.80. The van der Waals surface area contributed by atoms with Crippen LogP contribution in [0.1, 0.15) is 11.1 Å². The number of anilines is 1. The lowest BCUT2D eigenvalue weighted by Gasteiger charge is -2.06. The van der Waals surface area contributed by atoms with E-state index < -0.39 is 0 Å². The highest BCUT2D eigenvalue weighted by Gasteiger charge is 1.99. The molecule has 0 unspecified atom stereocenters. The van der Waals surface area contributed by atoms with Crippen molar-refractivity contribution in [3.8, 4) is 5.75 Å². The van der Waals surface area contributed by atoms with E-state index in [1.165, 1.54) is 10.5 Å². The molecule has 0 fully saturated rings. The van der Waals surface area contributed by atoms with Crippen LogP contribution in [0.15, 0.2) is 47.4 Å². The van der Waals surface area contributed by atoms with Crippen molar-refractivity contribution in [1.82, 2.24) is 0 Å². The van der Waals surface area contributed by atoms with Crippen molar-refractivity contribution in [3.63, 3.8) is 0 Å². The summed E-state index contributed by atoms with van der Waals surface area (Å²) >= 11 is 1.81. The smallest absolute Gasteiger partial charge is 0.118 e. The third-order valence-electron chi connectivity index (χ3n) is 2.81. The molecule has 0 spiro atoms. The van der Waals surface area contributed by atoms with Gasteiger partial charge in [-0.25, -0.2) is 0 Å². The quantitative estimate of drug-likeness (QED) is 0.668. The van der Waals surface area contributed by atoms with Gasteiger partial charge in [0.05, 0.1) is 7.11 Å². The number of hydrogen-bond acceptors (Lipinski definition) is 3. The zero-order chi connectivity index (χ0) is 13.0. The topological polar surface area (TPSA) is 35.2 Å². The van der Waals surface area contributed by atoms with Crippen molar-refractivity contribution in [2.45, 2.75) is 17.6 Å². The predicted molar refractivity (Wildman–Crippen MR) is 78.1 cm³/mol. The van der Waals surface area contributed by atoms with Crippen LogP contribution in [0.4, 0.5) is 5.69 Å². The number of thioether (sulfide) groups is 1. The molecule has 0 aromatic heterocycles. The summed E-state index contributed by atoms with van der Waals surface area (Å²) in [5.41, 5.74) is 9.08. The molecule has 18 heavy (non-hydrogen) atoms. The van der Waals surface area contributed by atoms with Gasteiger partial charge in [0, 0.05) is 16.3 Å². The average molecular weight is 259 g/mol. The number of nitrogens with two attached hydrogens (primary N) is 1. The maximum Gasteiger partial charge on any atom is 0.118 e. The third-order valence-corrected chi connectivity index (χ3v) is 3.87. The van der Waals surface area contributed by atoms with Crippen LogP contribution < -0.4 is 10.5 Å². The van der Waals surface area contributed by atoms with Gasteiger partial charge >= 0.3 is 0 Å². The highest BCUT2D eigenvalue weighted by molar-refractivity contribution is 7.98. The van der Waals surface area contributed by atoms with E-state index in [-0.39, 0.29) is 0 Å². The number of hydrogen-bond donors (Lipinski definition) is 1. The molecule has 0 amide bonds. The van der Waals surface area contributed by atoms with Gasteiger partial charge < -0.3 is 10.5 Å². The first-order valence-electron chi connectivity index (χ1n) is 5.81. The molecule has 0 bridgehead atoms. The van der Waals surface area contributed by atoms with Crippen LogP contribution in [-0.2, 0) is 5.75 Å². The summed E-state index contributed by atoms with van der Waals surface area (Å²) in [6.45, 7) is 2.03. The Balaban J connectivity index is 1.99. The molecular formula is C15H17NOS. The Labute approximate surface area is 112 Å². The Bertz CT molecular complexity index is 523. The van der Waals surface area contributed by atoms with E-state index in [0.717, 1.165) is 22.8 Å². The lowest BCUT2D eigenvalue weighted by atomic mass is 10.2. The van der Waals surface area contributed by atoms with E-state index in [1.54, 1.807) is 7.11 Å². The zero-order valence-corrected chi connectivity index (χ0v) is 11.5. The van der Waals surface area contributed by atoms with Crippen molar-refractivity contribution < 1.29 is 4.74 Å². The van der Waals surface area contributed by atoms with Crippen molar-refractivity contribution in [3.05, 3.63) is 53.6 Å². The van der Waals surface area contributed by atoms with E-state index in [1.807, 2.05) is 36.9 Å². The molecular weight excluding hydrogens is 242 g/mol. The number of benzene rings is 2. The molecule has 0 saturated carbocycles. The zero-order valence-electron chi connectivity index (χ0n) is 10.6. The minimum absolute atomic E-state index is 0.851. The Morgan fingerprint density at radius 2 is 1.83 bits per heavy atom. The minimum Gasteiger partial charge on any atom is -0.497 e. The van der Waals surface area contributed by atoms with Crippen LogP contribution in [0.3, 0.4) is 0 Å². The van der Waals surface area contributed by atoms with Crippen molar-refractivity contribution >= 4 is 17.4 Å². The van der Waals surface area contributed by atoms with E-state index in [0.29, 0.717) is 0 Å². The molecule has 2 N–H and O–H groups in total. The number of rotatable bonds is 4. The molecule has 2 nitrogen and oxygen atoms in total. The fourth-order valence-corrected chi connectivity index (χ4v) is 2.58. The molecule has 2 aromatic carbocycles. The first-order valence-corrected chi connectivity index (χ1v) is 6.79. The Morgan fingerprint density at radius 1 is 1.11 bits per heavy atom. The molecule has 2 aromatic rings. The first kappa shape index (κ1) is 12.8. The molecule has 0 atom stereocenters. The SMILES string of the molecule is COc1ccc(CSc2ccc(N)c(C)c2)cc1. The summed E-state index contributed by atoms with van der Waals surface area (Å²) in [6.07, 6.45) is 0. The second-order valence-corrected chi connectivity index (χ2v) is 5.20. The summed E-state index contributed by atoms with van der Waals surface area (Å²) in [7, 11) is 1.68. The van der Waals surface area contributed by atoms with Gasteiger partial charge in [0.15, 0.2) is 0 Å². The first-order chi connectivity index (χ1) is 8.69. The largest absolute Gasteiger partial charge is 0.497 e. The highest BCUT2D eigenvalue weighted by atomic mass is 32.2. The minimum atomic E-state index is 0.851. The Kier molecular flexibility index (Phi) is 4.15. The van der Waals surface area contributed by atoms with Crippen LogP contribution in [0, 0.1) is 6.92 Å². The summed E-state index contributed by atoms with van der Waals surface area (Å²) in [5.74, 6) is 1.85. The van der Waals surface area contributed by atoms with Crippen LogP contribution >= 0.6 is 11.8 Å². The van der Waals surface area contributed by atoms with Crippen LogP contribution in [0.5, 0.6) is 5.75 Å². The summed E-state index contributed by atoms with van der Waals surface area (Å²) in [5, 5.41) is 0. The third kappa shape index (κ3) is 3.20. The van der Waals surface area contributed by atoms with Gasteiger partial charge in [0.2, 0.25) is 0 Å². The molecule has 0 aliphatic heterocycles. The molecule has 0 aliphatic carbocycles. The molecule has 3 heteroatoms. The monoisotopic (exact) mass is 259 g/mol. The lowest BCUT2D eigenvalue weighted by molar-refractivity contribution is 0.414. The predicted octanol–water partition coefficient (Wildman–Crippen LogP) is 3.88. The van der Waals surface area contributed by atoms with Crippen LogP contribution in [-0.4, -0.2) is 7.11 Å². The van der Waals surface area contributed by atoms with Gasteiger partial charge in [-0.2, -0.15) is 0 Å². The summed E-state index contributed by atoms with van der Waals surface area (Å²) in [4.78, 5) is 1.25. The van der Waals surface area contributed by atoms with Gasteiger partial charge in [-0.1, -0.05) is 12.1 Å². The van der Waals surface area contributed by atoms with Gasteiger partial charge in [-0.15, -0.1) is 11.8 Å². The van der Waals surface area contributed by atoms with Gasteiger partial charge in [0.25, 0.3) is 0 Å². The van der Waals surface area contributed by atoms with E-state index in [2.05, 4.69) is 24.3 Å². The van der Waals surface area contributed by atoms with Crippen LogP contribution in [0.2, 0.25) is 0 Å². The number of ether oxygens (including phenoxy) is 1. The van der Waals surface area contributed by atoms with Gasteiger partial charge in [-0.3, -0.25) is 0 Å². The van der Waals surface area contributed by atoms with E-state index >= 15 is 0 Å². The van der Waals surface area contributed by atoms with Gasteiger partial charge in [-0.05, 0) is 48.4 Å². The van der Waals surface area contributed by atoms with Crippen LogP contribution in [0.25, 0.3) is 0 Å². The molecule has 0 aliphatic rings. The number of methoxy groups -OCH3 is 1. The maximum absolute atomic E-state index is 5.80. The van der Waals surface area contributed by atoms with E-state index in [4.69, 9.17) is 10.5 Å². The number of nitrogen functional groups attached to an aromatic ring is 1. The number of aryl methyl sites for hydroxylation is 1. The van der Waals surface area contributed by atoms with Crippen molar-refractivity contribution in [2.24, 2.45) is 0 Å².